The monoisotopic (exact) mass is 298 g/mol. The van der Waals surface area contributed by atoms with Crippen molar-refractivity contribution in [3.8, 4) is 0 Å². The summed E-state index contributed by atoms with van der Waals surface area (Å²) >= 11 is 0. The molecule has 0 bridgehead atoms. The summed E-state index contributed by atoms with van der Waals surface area (Å²) in [6.45, 7) is 0. The Balaban J connectivity index is -0.0000000000641. The van der Waals surface area contributed by atoms with E-state index in [1.807, 2.05) is 0 Å². The maximum atomic E-state index is 6.00. The van der Waals surface area contributed by atoms with Crippen molar-refractivity contribution < 1.29 is 41.4 Å². The quantitative estimate of drug-likeness (QED) is 0.356. The number of hydrogen-bond acceptors (Lipinski definition) is 2. The molecule has 0 aliphatic carbocycles. The molecule has 0 aromatic heterocycles. The summed E-state index contributed by atoms with van der Waals surface area (Å²) in [6, 6.07) is 0. The topological polar surface area (TPSA) is 40.5 Å². The third-order valence-electron chi connectivity index (χ3n) is 0. The summed E-state index contributed by atoms with van der Waals surface area (Å²) in [6.07, 6.45) is 0. The molecule has 2 nitrogen and oxygen atoms in total. The van der Waals surface area contributed by atoms with E-state index in [-0.39, 0.29) is 175 Å². The summed E-state index contributed by atoms with van der Waals surface area (Å²) in [5.41, 5.74) is 0. The van der Waals surface area contributed by atoms with E-state index in [4.69, 9.17) is 10.5 Å². The molecule has 0 spiro atoms. The molecule has 0 aromatic rings. The smallest absolute Gasteiger partial charge is 1.00 e. The summed E-state index contributed by atoms with van der Waals surface area (Å²) in [5.74, 6) is 0. The predicted molar refractivity (Wildman–Crippen MR) is 37.2 cm³/mol. The minimum atomic E-state index is 0. The van der Waals surface area contributed by atoms with Crippen LogP contribution in [-0.4, -0.2) is 155 Å². The van der Waals surface area contributed by atoms with Crippen molar-refractivity contribution in [3.05, 3.63) is 0 Å². The van der Waals surface area contributed by atoms with Crippen molar-refractivity contribution in [2.24, 2.45) is 0 Å². The van der Waals surface area contributed by atoms with Crippen LogP contribution in [0.1, 0.15) is 11.4 Å². The zero-order valence-corrected chi connectivity index (χ0v) is 16.7. The molecule has 0 saturated carbocycles. The second kappa shape index (κ2) is 42.6. The maximum absolute atomic E-state index is 6.00. The largest absolute Gasteiger partial charge is 2.00 e. The van der Waals surface area contributed by atoms with Crippen LogP contribution in [0.5, 0.6) is 0 Å². The van der Waals surface area contributed by atoms with Gasteiger partial charge in [0.1, 0.15) is 0 Å². The van der Waals surface area contributed by atoms with Crippen LogP contribution in [0, 0.1) is 0 Å². The van der Waals surface area contributed by atoms with Crippen molar-refractivity contribution in [1.82, 2.24) is 0 Å². The molecule has 32 valence electrons. The van der Waals surface area contributed by atoms with Gasteiger partial charge < -0.3 is 11.4 Å². The Morgan fingerprint density at radius 2 is 1.00 bits per heavy atom. The Labute approximate surface area is 181 Å². The molecule has 0 aliphatic heterocycles. The van der Waals surface area contributed by atoms with Gasteiger partial charge in [-0.3, -0.25) is 10.5 Å². The van der Waals surface area contributed by atoms with E-state index in [2.05, 4.69) is 0 Å². The summed E-state index contributed by atoms with van der Waals surface area (Å²) in [7, 11) is 0. The van der Waals surface area contributed by atoms with E-state index < -0.39 is 0 Å². The third kappa shape index (κ3) is 34.8. The van der Waals surface area contributed by atoms with Crippen LogP contribution in [0.25, 0.3) is 0 Å². The van der Waals surface area contributed by atoms with Gasteiger partial charge in [-0.2, -0.15) is 0 Å². The van der Waals surface area contributed by atoms with Crippen molar-refractivity contribution in [2.75, 3.05) is 0 Å². The van der Waals surface area contributed by atoms with Gasteiger partial charge in [0, 0.05) is 19.5 Å². The third-order valence-corrected chi connectivity index (χ3v) is 0. The fourth-order valence-corrected chi connectivity index (χ4v) is 0. The molecule has 0 saturated heterocycles. The molecule has 0 aliphatic rings. The van der Waals surface area contributed by atoms with Crippen molar-refractivity contribution >= 4 is 144 Å². The second-order valence-electron chi connectivity index (χ2n) is 0. The van der Waals surface area contributed by atoms with Gasteiger partial charge in [-0.15, -0.1) is 0 Å². The summed E-state index contributed by atoms with van der Waals surface area (Å²) < 4.78 is 0. The Morgan fingerprint density at radius 3 is 1.00 bits per heavy atom. The first-order chi connectivity index (χ1) is 1.00. The van der Waals surface area contributed by atoms with Crippen molar-refractivity contribution in [2.45, 2.75) is 0 Å². The first-order valence-corrected chi connectivity index (χ1v) is 0.200. The van der Waals surface area contributed by atoms with Gasteiger partial charge in [-0.05, 0) is 0 Å². The molecular weight excluding hydrogens is 289 g/mol. The molecule has 0 unspecified atom stereocenters. The van der Waals surface area contributed by atoms with Crippen LogP contribution in [0.2, 0.25) is 0 Å². The molecule has 0 atom stereocenters. The SMILES string of the molecule is OO.[Ca+2].[Ca+2].[H-].[H-].[H-].[H-].[H-].[H-].[H-].[H-].[Mg+2].[Sr+2].[Zn]. The molecule has 0 radical (unpaired) electrons. The van der Waals surface area contributed by atoms with Gasteiger partial charge >= 0.3 is 144 Å². The second-order valence-corrected chi connectivity index (χ2v) is 0. The first kappa shape index (κ1) is 39.5. The van der Waals surface area contributed by atoms with Crippen LogP contribution in [0.4, 0.5) is 0 Å². The van der Waals surface area contributed by atoms with E-state index in [0.717, 1.165) is 0 Å². The Kier molecular flexibility index (Phi) is 241. The van der Waals surface area contributed by atoms with Gasteiger partial charge in [0.15, 0.2) is 0 Å². The fraction of sp³-hybridized carbons (Fsp3) is 0. The number of rotatable bonds is 0. The van der Waals surface area contributed by atoms with Crippen LogP contribution in [0.3, 0.4) is 0 Å². The van der Waals surface area contributed by atoms with Gasteiger partial charge in [-0.25, -0.2) is 0 Å². The average molecular weight is 300 g/mol. The van der Waals surface area contributed by atoms with Crippen molar-refractivity contribution in [3.63, 3.8) is 0 Å². The standard InChI is InChI=1S/2Ca.Mg.H2O2.Sr.Zn.8H/c;;;1-2;;;;;;;;;;/h;;;1-2H;;;;;;;;;;/q3*+2;;+2;;8*-1. The zero-order valence-electron chi connectivity index (χ0n) is 12.4. The predicted octanol–water partition coefficient (Wildman–Crippen LogP) is -0.608. The molecule has 0 rings (SSSR count). The van der Waals surface area contributed by atoms with Gasteiger partial charge in [0.05, 0.1) is 0 Å². The molecule has 7 heavy (non-hydrogen) atoms. The zero-order chi connectivity index (χ0) is 2.00. The molecule has 0 aromatic carbocycles. The minimum absolute atomic E-state index is 0. The van der Waals surface area contributed by atoms with E-state index in [9.17, 15) is 0 Å². The Morgan fingerprint density at radius 1 is 1.00 bits per heavy atom. The normalized spacial score (nSPS) is 0.857. The first-order valence-electron chi connectivity index (χ1n) is 0.200. The van der Waals surface area contributed by atoms with Gasteiger partial charge in [-0.1, -0.05) is 0 Å². The Bertz CT molecular complexity index is 30.6. The van der Waals surface area contributed by atoms with Gasteiger partial charge in [0.25, 0.3) is 0 Å². The Hall–Kier alpha value is 5.31. The van der Waals surface area contributed by atoms with E-state index in [1.54, 1.807) is 0 Å². The molecule has 0 fully saturated rings. The van der Waals surface area contributed by atoms with Crippen LogP contribution in [-0.2, 0) is 19.5 Å². The van der Waals surface area contributed by atoms with E-state index >= 15 is 0 Å². The molecular formula is H10Ca2MgO2SrZn. The van der Waals surface area contributed by atoms with Gasteiger partial charge in [0.2, 0.25) is 0 Å². The molecule has 2 N–H and O–H groups in total. The van der Waals surface area contributed by atoms with Crippen LogP contribution >= 0.6 is 0 Å². The molecule has 0 heterocycles. The van der Waals surface area contributed by atoms with Crippen molar-refractivity contribution in [1.29, 1.82) is 0 Å². The van der Waals surface area contributed by atoms with Crippen LogP contribution in [0.15, 0.2) is 0 Å². The minimum Gasteiger partial charge on any atom is -1.00 e. The molecule has 7 heteroatoms. The van der Waals surface area contributed by atoms with Crippen LogP contribution < -0.4 is 0 Å². The molecule has 0 amide bonds. The van der Waals surface area contributed by atoms with E-state index in [0.29, 0.717) is 0 Å². The summed E-state index contributed by atoms with van der Waals surface area (Å²) in [4.78, 5) is 0. The number of hydrogen-bond donors (Lipinski definition) is 2. The maximum Gasteiger partial charge on any atom is 2.00 e. The fourth-order valence-electron chi connectivity index (χ4n) is 0. The van der Waals surface area contributed by atoms with E-state index in [1.165, 1.54) is 0 Å². The average Bonchev–Trinajstić information content (AvgIpc) is 1.00. The summed E-state index contributed by atoms with van der Waals surface area (Å²) in [5, 5.41) is 12.0.